The highest BCUT2D eigenvalue weighted by Gasteiger charge is 2.21. The van der Waals surface area contributed by atoms with Crippen molar-refractivity contribution in [1.82, 2.24) is 10.2 Å². The molecular formula is C19H26N2O4. The van der Waals surface area contributed by atoms with E-state index in [9.17, 15) is 9.59 Å². The summed E-state index contributed by atoms with van der Waals surface area (Å²) < 4.78 is 5.12. The molecule has 6 heteroatoms. The van der Waals surface area contributed by atoms with Crippen LogP contribution in [-0.4, -0.2) is 54.9 Å². The first-order valence-electron chi connectivity index (χ1n) is 8.56. The van der Waals surface area contributed by atoms with Crippen LogP contribution in [0.3, 0.4) is 0 Å². The average molecular weight is 346 g/mol. The summed E-state index contributed by atoms with van der Waals surface area (Å²) >= 11 is 0. The van der Waals surface area contributed by atoms with E-state index in [0.29, 0.717) is 32.5 Å². The number of hydrogen-bond donors (Lipinski definition) is 2. The summed E-state index contributed by atoms with van der Waals surface area (Å²) in [4.78, 5) is 25.2. The molecule has 1 aliphatic rings. The number of rotatable bonds is 8. The second-order valence-corrected chi connectivity index (χ2v) is 6.26. The number of carboxylic acid groups (broad SMARTS) is 1. The molecule has 1 unspecified atom stereocenters. The molecule has 0 spiro atoms. The lowest BCUT2D eigenvalue weighted by molar-refractivity contribution is -0.137. The van der Waals surface area contributed by atoms with Crippen LogP contribution >= 0.6 is 0 Å². The third kappa shape index (κ3) is 6.58. The third-order valence-electron chi connectivity index (χ3n) is 4.28. The zero-order chi connectivity index (χ0) is 18.1. The molecule has 1 aliphatic heterocycles. The lowest BCUT2D eigenvalue weighted by Crippen LogP contribution is -2.47. The number of ether oxygens (including phenoxy) is 1. The average Bonchev–Trinajstić information content (AvgIpc) is 2.61. The molecule has 1 heterocycles. The summed E-state index contributed by atoms with van der Waals surface area (Å²) in [6.45, 7) is 1.81. The minimum absolute atomic E-state index is 0.0374. The Bertz CT molecular complexity index is 601. The van der Waals surface area contributed by atoms with Gasteiger partial charge in [-0.3, -0.25) is 4.79 Å². The third-order valence-corrected chi connectivity index (χ3v) is 4.28. The van der Waals surface area contributed by atoms with Crippen LogP contribution < -0.4 is 5.32 Å². The molecule has 136 valence electrons. The number of methoxy groups -OCH3 is 1. The van der Waals surface area contributed by atoms with Crippen molar-refractivity contribution >= 4 is 12.0 Å². The minimum atomic E-state index is -0.850. The molecule has 0 saturated carbocycles. The van der Waals surface area contributed by atoms with E-state index >= 15 is 0 Å². The van der Waals surface area contributed by atoms with Gasteiger partial charge in [-0.25, -0.2) is 4.79 Å². The number of nitrogens with zero attached hydrogens (tertiary/aromatic N) is 1. The summed E-state index contributed by atoms with van der Waals surface area (Å²) in [5.74, 6) is -0.850. The number of carbonyl (C=O) groups is 2. The van der Waals surface area contributed by atoms with Crippen molar-refractivity contribution in [1.29, 1.82) is 0 Å². The van der Waals surface area contributed by atoms with Gasteiger partial charge in [-0.15, -0.1) is 0 Å². The van der Waals surface area contributed by atoms with Gasteiger partial charge in [0.05, 0.1) is 6.61 Å². The van der Waals surface area contributed by atoms with Crippen LogP contribution in [0, 0.1) is 0 Å². The van der Waals surface area contributed by atoms with E-state index in [4.69, 9.17) is 9.84 Å². The van der Waals surface area contributed by atoms with E-state index in [1.807, 2.05) is 36.4 Å². The van der Waals surface area contributed by atoms with Crippen LogP contribution in [0.5, 0.6) is 0 Å². The van der Waals surface area contributed by atoms with Crippen LogP contribution in [-0.2, 0) is 16.0 Å². The van der Waals surface area contributed by atoms with E-state index in [0.717, 1.165) is 12.0 Å². The maximum Gasteiger partial charge on any atom is 0.317 e. The zero-order valence-electron chi connectivity index (χ0n) is 14.6. The predicted molar refractivity (Wildman–Crippen MR) is 95.5 cm³/mol. The highest BCUT2D eigenvalue weighted by molar-refractivity contribution is 5.75. The van der Waals surface area contributed by atoms with Crippen LogP contribution in [0.25, 0.3) is 0 Å². The summed E-state index contributed by atoms with van der Waals surface area (Å²) in [5.41, 5.74) is 2.29. The molecule has 2 N–H and O–H groups in total. The van der Waals surface area contributed by atoms with Crippen LogP contribution in [0.2, 0.25) is 0 Å². The lowest BCUT2D eigenvalue weighted by Gasteiger charge is -2.29. The second-order valence-electron chi connectivity index (χ2n) is 6.26. The lowest BCUT2D eigenvalue weighted by atomic mass is 10.0. The molecule has 0 fully saturated rings. The number of carbonyl (C=O) groups excluding carboxylic acids is 1. The number of hydrogen-bond acceptors (Lipinski definition) is 3. The first kappa shape index (κ1) is 19.0. The molecule has 25 heavy (non-hydrogen) atoms. The molecule has 0 aromatic heterocycles. The molecule has 0 bridgehead atoms. The van der Waals surface area contributed by atoms with Gasteiger partial charge in [0.15, 0.2) is 0 Å². The Morgan fingerprint density at radius 1 is 1.32 bits per heavy atom. The molecule has 2 rings (SSSR count). The molecule has 1 aromatic carbocycles. The SMILES string of the molecule is COCC1=CCN(C(=O)NC(CCC(=O)O)Cc2ccccc2)CC1. The van der Waals surface area contributed by atoms with E-state index in [1.165, 1.54) is 5.57 Å². The Morgan fingerprint density at radius 3 is 2.68 bits per heavy atom. The van der Waals surface area contributed by atoms with Crippen molar-refractivity contribution in [2.45, 2.75) is 31.7 Å². The Kier molecular flexibility index (Phi) is 7.47. The zero-order valence-corrected chi connectivity index (χ0v) is 14.6. The van der Waals surface area contributed by atoms with Gasteiger partial charge in [-0.1, -0.05) is 36.4 Å². The van der Waals surface area contributed by atoms with Gasteiger partial charge in [-0.2, -0.15) is 0 Å². The van der Waals surface area contributed by atoms with Crippen LogP contribution in [0.1, 0.15) is 24.8 Å². The fourth-order valence-corrected chi connectivity index (χ4v) is 2.90. The van der Waals surface area contributed by atoms with Gasteiger partial charge >= 0.3 is 12.0 Å². The quantitative estimate of drug-likeness (QED) is 0.709. The van der Waals surface area contributed by atoms with Gasteiger partial charge < -0.3 is 20.1 Å². The van der Waals surface area contributed by atoms with Crippen molar-refractivity contribution in [2.75, 3.05) is 26.8 Å². The topological polar surface area (TPSA) is 78.9 Å². The van der Waals surface area contributed by atoms with E-state index in [-0.39, 0.29) is 18.5 Å². The summed E-state index contributed by atoms with van der Waals surface area (Å²) in [6, 6.07) is 9.46. The van der Waals surface area contributed by atoms with Gasteiger partial charge in [0.25, 0.3) is 0 Å². The van der Waals surface area contributed by atoms with E-state index in [2.05, 4.69) is 5.32 Å². The number of aliphatic carboxylic acids is 1. The van der Waals surface area contributed by atoms with Gasteiger partial charge in [0.1, 0.15) is 0 Å². The predicted octanol–water partition coefficient (Wildman–Crippen LogP) is 2.45. The van der Waals surface area contributed by atoms with Gasteiger partial charge in [0, 0.05) is 32.7 Å². The normalized spacial score (nSPS) is 15.4. The molecule has 6 nitrogen and oxygen atoms in total. The summed E-state index contributed by atoms with van der Waals surface area (Å²) in [6.07, 6.45) is 3.90. The minimum Gasteiger partial charge on any atom is -0.481 e. The highest BCUT2D eigenvalue weighted by Crippen LogP contribution is 2.13. The number of benzene rings is 1. The van der Waals surface area contributed by atoms with Gasteiger partial charge in [0.2, 0.25) is 0 Å². The van der Waals surface area contributed by atoms with Crippen molar-refractivity contribution in [3.8, 4) is 0 Å². The Morgan fingerprint density at radius 2 is 2.08 bits per heavy atom. The Labute approximate surface area is 148 Å². The standard InChI is InChI=1S/C19H26N2O4/c1-25-14-16-9-11-21(12-10-16)19(24)20-17(7-8-18(22)23)13-15-5-3-2-4-6-15/h2-6,9,17H,7-8,10-14H2,1H3,(H,20,24)(H,22,23). The Balaban J connectivity index is 1.93. The number of carboxylic acids is 1. The first-order valence-corrected chi connectivity index (χ1v) is 8.56. The second kappa shape index (κ2) is 9.84. The van der Waals surface area contributed by atoms with Crippen molar-refractivity contribution in [3.05, 3.63) is 47.5 Å². The molecule has 1 atom stereocenters. The molecule has 0 aliphatic carbocycles. The largest absolute Gasteiger partial charge is 0.481 e. The van der Waals surface area contributed by atoms with E-state index in [1.54, 1.807) is 12.0 Å². The first-order chi connectivity index (χ1) is 12.1. The molecule has 0 radical (unpaired) electrons. The number of urea groups is 1. The fourth-order valence-electron chi connectivity index (χ4n) is 2.90. The van der Waals surface area contributed by atoms with Crippen molar-refractivity contribution in [2.24, 2.45) is 0 Å². The smallest absolute Gasteiger partial charge is 0.317 e. The van der Waals surface area contributed by atoms with E-state index < -0.39 is 5.97 Å². The highest BCUT2D eigenvalue weighted by atomic mass is 16.5. The molecule has 1 aromatic rings. The summed E-state index contributed by atoms with van der Waals surface area (Å²) in [7, 11) is 1.66. The summed E-state index contributed by atoms with van der Waals surface area (Å²) in [5, 5.41) is 11.9. The number of amides is 2. The van der Waals surface area contributed by atoms with Crippen molar-refractivity contribution < 1.29 is 19.4 Å². The Hall–Kier alpha value is -2.34. The monoisotopic (exact) mass is 346 g/mol. The van der Waals surface area contributed by atoms with Crippen LogP contribution in [0.15, 0.2) is 42.0 Å². The van der Waals surface area contributed by atoms with Crippen molar-refractivity contribution in [3.63, 3.8) is 0 Å². The molecule has 0 saturated heterocycles. The van der Waals surface area contributed by atoms with Gasteiger partial charge in [-0.05, 0) is 30.4 Å². The number of nitrogens with one attached hydrogen (secondary N) is 1. The molecular weight excluding hydrogens is 320 g/mol. The fraction of sp³-hybridized carbons (Fsp3) is 0.474. The maximum atomic E-state index is 12.5. The van der Waals surface area contributed by atoms with Crippen LogP contribution in [0.4, 0.5) is 4.79 Å². The maximum absolute atomic E-state index is 12.5. The molecule has 2 amide bonds.